The van der Waals surface area contributed by atoms with E-state index in [-0.39, 0.29) is 0 Å². The molecule has 0 aromatic heterocycles. The van der Waals surface area contributed by atoms with Crippen LogP contribution in [0.3, 0.4) is 0 Å². The molecule has 0 atom stereocenters. The van der Waals surface area contributed by atoms with Crippen molar-refractivity contribution in [1.29, 1.82) is 0 Å². The molecular weight excluding hydrogens is 330 g/mol. The van der Waals surface area contributed by atoms with Gasteiger partial charge in [0.25, 0.3) is 0 Å². The smallest absolute Gasteiger partial charge is 0.0234 e. The maximum absolute atomic E-state index is 3.31. The van der Waals surface area contributed by atoms with Gasteiger partial charge in [-0.3, -0.25) is 4.90 Å². The highest BCUT2D eigenvalue weighted by molar-refractivity contribution is 5.33. The quantitative estimate of drug-likeness (QED) is 0.889. The van der Waals surface area contributed by atoms with Crippen LogP contribution in [-0.2, 0) is 19.4 Å². The van der Waals surface area contributed by atoms with Crippen LogP contribution in [0.1, 0.15) is 30.5 Å². The van der Waals surface area contributed by atoms with Gasteiger partial charge in [0, 0.05) is 38.8 Å². The zero-order chi connectivity index (χ0) is 19.5. The number of rotatable bonds is 3. The normalized spacial score (nSPS) is 17.3. The predicted molar refractivity (Wildman–Crippen MR) is 117 cm³/mol. The number of hydrogen-bond donors (Lipinski definition) is 1. The summed E-state index contributed by atoms with van der Waals surface area (Å²) in [6, 6.07) is 20.1. The molecule has 1 N–H and O–H groups in total. The van der Waals surface area contributed by atoms with Crippen LogP contribution in [0.4, 0.5) is 0 Å². The van der Waals surface area contributed by atoms with E-state index in [4.69, 9.17) is 0 Å². The minimum absolute atomic E-state index is 0.674. The molecule has 1 aliphatic heterocycles. The van der Waals surface area contributed by atoms with Crippen molar-refractivity contribution in [2.24, 2.45) is 0 Å². The molecule has 3 nitrogen and oxygen atoms in total. The van der Waals surface area contributed by atoms with Crippen molar-refractivity contribution >= 4 is 0 Å². The minimum Gasteiger partial charge on any atom is -0.316 e. The van der Waals surface area contributed by atoms with Gasteiger partial charge in [0.05, 0.1) is 0 Å². The van der Waals surface area contributed by atoms with Crippen molar-refractivity contribution in [3.63, 3.8) is 0 Å². The molecule has 2 aliphatic rings. The average Bonchev–Trinajstić information content (AvgIpc) is 3.16. The molecule has 27 heavy (non-hydrogen) atoms. The number of nitrogens with one attached hydrogen (secondary N) is 1. The summed E-state index contributed by atoms with van der Waals surface area (Å²) in [7, 11) is 4.23. The second kappa shape index (κ2) is 11.9. The molecule has 2 aromatic rings. The van der Waals surface area contributed by atoms with Gasteiger partial charge in [-0.1, -0.05) is 68.4 Å². The van der Waals surface area contributed by atoms with Gasteiger partial charge < -0.3 is 10.2 Å². The summed E-state index contributed by atoms with van der Waals surface area (Å²) in [5.74, 6) is 0. The molecule has 3 heteroatoms. The molecule has 1 fully saturated rings. The molecule has 148 valence electrons. The van der Waals surface area contributed by atoms with E-state index in [1.54, 1.807) is 0 Å². The highest BCUT2D eigenvalue weighted by atomic mass is 15.2. The van der Waals surface area contributed by atoms with Crippen LogP contribution in [0.2, 0.25) is 0 Å². The van der Waals surface area contributed by atoms with Crippen molar-refractivity contribution in [3.8, 4) is 0 Å². The number of benzene rings is 2. The number of fused-ring (bicyclic) bond motifs is 1. The molecule has 2 aromatic carbocycles. The van der Waals surface area contributed by atoms with Crippen molar-refractivity contribution in [2.45, 2.75) is 39.3 Å². The maximum atomic E-state index is 3.31. The molecule has 0 amide bonds. The molecule has 1 aliphatic carbocycles. The van der Waals surface area contributed by atoms with E-state index in [9.17, 15) is 0 Å². The Balaban J connectivity index is 0.000000181. The third-order valence-corrected chi connectivity index (χ3v) is 5.30. The van der Waals surface area contributed by atoms with E-state index in [1.165, 1.54) is 55.7 Å². The first-order valence-corrected chi connectivity index (χ1v) is 10.4. The van der Waals surface area contributed by atoms with Crippen LogP contribution in [-0.4, -0.2) is 56.1 Å². The third kappa shape index (κ3) is 7.10. The van der Waals surface area contributed by atoms with Gasteiger partial charge in [-0.25, -0.2) is 0 Å². The number of hydrogen-bond acceptors (Lipinski definition) is 3. The standard InChI is InChI=1S/C12H18N2.C10H13N.C2H6/c1-13-7-9-14(10-8-13)11-12-5-3-2-4-6-12;1-11-10-6-8-4-2-3-5-9(8)7-10;1-2/h2-6H,7-11H2,1H3;2-5,10-11H,6-7H2,1H3;1-2H3. The Kier molecular flexibility index (Phi) is 9.54. The van der Waals surface area contributed by atoms with E-state index >= 15 is 0 Å². The molecule has 1 heterocycles. The lowest BCUT2D eigenvalue weighted by molar-refractivity contribution is 0.148. The Bertz CT molecular complexity index is 608. The largest absolute Gasteiger partial charge is 0.316 e. The molecule has 0 unspecified atom stereocenters. The lowest BCUT2D eigenvalue weighted by Gasteiger charge is -2.32. The van der Waals surface area contributed by atoms with Gasteiger partial charge in [-0.05, 0) is 43.6 Å². The summed E-state index contributed by atoms with van der Waals surface area (Å²) in [5.41, 5.74) is 4.47. The van der Waals surface area contributed by atoms with Gasteiger partial charge in [-0.2, -0.15) is 0 Å². The molecule has 0 spiro atoms. The first-order chi connectivity index (χ1) is 13.2. The Morgan fingerprint density at radius 3 is 1.85 bits per heavy atom. The highest BCUT2D eigenvalue weighted by Crippen LogP contribution is 2.20. The fourth-order valence-corrected chi connectivity index (χ4v) is 3.61. The fourth-order valence-electron chi connectivity index (χ4n) is 3.61. The van der Waals surface area contributed by atoms with Gasteiger partial charge in [0.1, 0.15) is 0 Å². The zero-order valence-electron chi connectivity index (χ0n) is 17.6. The van der Waals surface area contributed by atoms with Gasteiger partial charge in [-0.15, -0.1) is 0 Å². The molecule has 0 saturated carbocycles. The summed E-state index contributed by atoms with van der Waals surface area (Å²) < 4.78 is 0. The minimum atomic E-state index is 0.674. The summed E-state index contributed by atoms with van der Waals surface area (Å²) in [6.07, 6.45) is 2.40. The monoisotopic (exact) mass is 367 g/mol. The van der Waals surface area contributed by atoms with Gasteiger partial charge >= 0.3 is 0 Å². The van der Waals surface area contributed by atoms with Crippen molar-refractivity contribution in [2.75, 3.05) is 40.3 Å². The first kappa shape index (κ1) is 21.6. The van der Waals surface area contributed by atoms with Crippen LogP contribution in [0.15, 0.2) is 54.6 Å². The van der Waals surface area contributed by atoms with Crippen molar-refractivity contribution in [1.82, 2.24) is 15.1 Å². The number of nitrogens with zero attached hydrogens (tertiary/aromatic N) is 2. The summed E-state index contributed by atoms with van der Waals surface area (Å²) >= 11 is 0. The number of piperazine rings is 1. The summed E-state index contributed by atoms with van der Waals surface area (Å²) in [6.45, 7) is 9.91. The molecule has 0 radical (unpaired) electrons. The van der Waals surface area contributed by atoms with E-state index in [2.05, 4.69) is 76.8 Å². The van der Waals surface area contributed by atoms with Crippen LogP contribution >= 0.6 is 0 Å². The summed E-state index contributed by atoms with van der Waals surface area (Å²) in [4.78, 5) is 4.91. The highest BCUT2D eigenvalue weighted by Gasteiger charge is 2.18. The van der Waals surface area contributed by atoms with E-state index in [0.717, 1.165) is 6.54 Å². The van der Waals surface area contributed by atoms with Crippen LogP contribution in [0, 0.1) is 0 Å². The number of likely N-dealkylation sites (N-methyl/N-ethyl adjacent to an activating group) is 2. The molecular formula is C24H37N3. The van der Waals surface area contributed by atoms with Crippen molar-refractivity contribution < 1.29 is 0 Å². The first-order valence-electron chi connectivity index (χ1n) is 10.4. The maximum Gasteiger partial charge on any atom is 0.0234 e. The van der Waals surface area contributed by atoms with Crippen LogP contribution in [0.25, 0.3) is 0 Å². The van der Waals surface area contributed by atoms with Gasteiger partial charge in [0.2, 0.25) is 0 Å². The third-order valence-electron chi connectivity index (χ3n) is 5.30. The van der Waals surface area contributed by atoms with Gasteiger partial charge in [0.15, 0.2) is 0 Å². The Morgan fingerprint density at radius 1 is 0.815 bits per heavy atom. The van der Waals surface area contributed by atoms with Crippen LogP contribution < -0.4 is 5.32 Å². The Labute approximate surface area is 166 Å². The molecule has 4 rings (SSSR count). The second-order valence-electron chi connectivity index (χ2n) is 7.23. The van der Waals surface area contributed by atoms with E-state index < -0.39 is 0 Å². The predicted octanol–water partition coefficient (Wildman–Crippen LogP) is 3.83. The summed E-state index contributed by atoms with van der Waals surface area (Å²) in [5, 5.41) is 3.31. The van der Waals surface area contributed by atoms with E-state index in [1.807, 2.05) is 20.9 Å². The fraction of sp³-hybridized carbons (Fsp3) is 0.500. The SMILES string of the molecule is CC.CN1CCN(Cc2ccccc2)CC1.CNC1Cc2ccccc2C1. The lowest BCUT2D eigenvalue weighted by Crippen LogP contribution is -2.43. The lowest BCUT2D eigenvalue weighted by atomic mass is 10.1. The van der Waals surface area contributed by atoms with Crippen molar-refractivity contribution in [3.05, 3.63) is 71.3 Å². The topological polar surface area (TPSA) is 18.5 Å². The van der Waals surface area contributed by atoms with Crippen LogP contribution in [0.5, 0.6) is 0 Å². The average molecular weight is 368 g/mol. The zero-order valence-corrected chi connectivity index (χ0v) is 17.6. The molecule has 1 saturated heterocycles. The Morgan fingerprint density at radius 2 is 1.33 bits per heavy atom. The second-order valence-corrected chi connectivity index (χ2v) is 7.23. The van der Waals surface area contributed by atoms with E-state index in [0.29, 0.717) is 6.04 Å². The molecule has 0 bridgehead atoms. The Hall–Kier alpha value is -1.68.